The standard InChI is InChI=1S/C22H17ClN4OS/c23-17-11-12-20(27-15-24-14-25-27)19(13-17)26-22(28)21(16-7-3-1-4-8-16)29-18-9-5-2-6-10-18/h1-15,21H,(H,26,28). The Kier molecular flexibility index (Phi) is 5.93. The summed E-state index contributed by atoms with van der Waals surface area (Å²) in [5, 5.41) is 7.28. The second kappa shape index (κ2) is 8.94. The third-order valence-electron chi connectivity index (χ3n) is 4.22. The molecule has 1 atom stereocenters. The Labute approximate surface area is 177 Å². The number of halogens is 1. The van der Waals surface area contributed by atoms with Gasteiger partial charge in [0.1, 0.15) is 17.9 Å². The third kappa shape index (κ3) is 4.67. The van der Waals surface area contributed by atoms with Crippen molar-refractivity contribution in [3.63, 3.8) is 0 Å². The quantitative estimate of drug-likeness (QED) is 0.424. The summed E-state index contributed by atoms with van der Waals surface area (Å²) in [5.41, 5.74) is 2.18. The number of carbonyl (C=O) groups excluding carboxylic acids is 1. The molecule has 0 radical (unpaired) electrons. The molecule has 4 rings (SSSR count). The summed E-state index contributed by atoms with van der Waals surface area (Å²) in [4.78, 5) is 18.3. The number of aromatic nitrogens is 3. The van der Waals surface area contributed by atoms with Gasteiger partial charge in [-0.05, 0) is 35.9 Å². The molecule has 1 heterocycles. The molecule has 0 aliphatic rings. The fourth-order valence-electron chi connectivity index (χ4n) is 2.87. The number of benzene rings is 3. The van der Waals surface area contributed by atoms with Crippen LogP contribution < -0.4 is 5.32 Å². The lowest BCUT2D eigenvalue weighted by atomic mass is 10.1. The van der Waals surface area contributed by atoms with Crippen molar-refractivity contribution in [2.75, 3.05) is 5.32 Å². The van der Waals surface area contributed by atoms with Crippen LogP contribution in [0.4, 0.5) is 5.69 Å². The fourth-order valence-corrected chi connectivity index (χ4v) is 4.09. The summed E-state index contributed by atoms with van der Waals surface area (Å²) in [7, 11) is 0. The second-order valence-corrected chi connectivity index (χ2v) is 7.83. The molecule has 7 heteroatoms. The number of rotatable bonds is 6. The van der Waals surface area contributed by atoms with E-state index in [9.17, 15) is 4.79 Å². The van der Waals surface area contributed by atoms with Crippen LogP contribution in [0, 0.1) is 0 Å². The maximum absolute atomic E-state index is 13.3. The van der Waals surface area contributed by atoms with Gasteiger partial charge < -0.3 is 5.32 Å². The van der Waals surface area contributed by atoms with E-state index in [1.165, 1.54) is 18.1 Å². The van der Waals surface area contributed by atoms with Crippen molar-refractivity contribution >= 4 is 35.0 Å². The second-order valence-electron chi connectivity index (χ2n) is 6.21. The van der Waals surface area contributed by atoms with Gasteiger partial charge in [-0.3, -0.25) is 4.79 Å². The minimum atomic E-state index is -0.429. The van der Waals surface area contributed by atoms with Gasteiger partial charge in [0, 0.05) is 9.92 Å². The van der Waals surface area contributed by atoms with Gasteiger partial charge in [-0.1, -0.05) is 60.1 Å². The maximum Gasteiger partial charge on any atom is 0.242 e. The predicted octanol–water partition coefficient (Wildman–Crippen LogP) is 5.39. The smallest absolute Gasteiger partial charge is 0.242 e. The lowest BCUT2D eigenvalue weighted by Crippen LogP contribution is -2.20. The van der Waals surface area contributed by atoms with Crippen LogP contribution in [-0.2, 0) is 4.79 Å². The van der Waals surface area contributed by atoms with Gasteiger partial charge in [0.15, 0.2) is 0 Å². The Balaban J connectivity index is 1.66. The van der Waals surface area contributed by atoms with Crippen LogP contribution in [0.2, 0.25) is 5.02 Å². The summed E-state index contributed by atoms with van der Waals surface area (Å²) >= 11 is 7.68. The Bertz CT molecular complexity index is 1090. The van der Waals surface area contributed by atoms with Crippen molar-refractivity contribution in [3.8, 4) is 5.69 Å². The lowest BCUT2D eigenvalue weighted by molar-refractivity contribution is -0.115. The van der Waals surface area contributed by atoms with Crippen molar-refractivity contribution in [1.29, 1.82) is 0 Å². The van der Waals surface area contributed by atoms with Crippen LogP contribution >= 0.6 is 23.4 Å². The van der Waals surface area contributed by atoms with Crippen LogP contribution in [0.3, 0.4) is 0 Å². The van der Waals surface area contributed by atoms with Gasteiger partial charge in [0.2, 0.25) is 5.91 Å². The molecule has 0 bridgehead atoms. The number of hydrogen-bond acceptors (Lipinski definition) is 4. The first-order valence-electron chi connectivity index (χ1n) is 8.93. The third-order valence-corrected chi connectivity index (χ3v) is 5.72. The molecule has 4 aromatic rings. The monoisotopic (exact) mass is 420 g/mol. The molecule has 0 saturated carbocycles. The van der Waals surface area contributed by atoms with Gasteiger partial charge in [0.25, 0.3) is 0 Å². The largest absolute Gasteiger partial charge is 0.323 e. The van der Waals surface area contributed by atoms with Gasteiger partial charge >= 0.3 is 0 Å². The average molecular weight is 421 g/mol. The van der Waals surface area contributed by atoms with Gasteiger partial charge in [-0.2, -0.15) is 5.10 Å². The number of nitrogens with one attached hydrogen (secondary N) is 1. The van der Waals surface area contributed by atoms with Crippen molar-refractivity contribution in [2.24, 2.45) is 0 Å². The summed E-state index contributed by atoms with van der Waals surface area (Å²) in [5.74, 6) is -0.145. The highest BCUT2D eigenvalue weighted by molar-refractivity contribution is 8.00. The first kappa shape index (κ1) is 19.2. The highest BCUT2D eigenvalue weighted by atomic mass is 35.5. The van der Waals surface area contributed by atoms with Crippen molar-refractivity contribution in [2.45, 2.75) is 10.1 Å². The first-order chi connectivity index (χ1) is 14.2. The van der Waals surface area contributed by atoms with E-state index in [1.807, 2.05) is 60.7 Å². The molecule has 0 fully saturated rings. The maximum atomic E-state index is 13.3. The van der Waals surface area contributed by atoms with Crippen molar-refractivity contribution in [1.82, 2.24) is 14.8 Å². The Morgan fingerprint density at radius 1 is 1.00 bits per heavy atom. The molecule has 3 aromatic carbocycles. The zero-order chi connectivity index (χ0) is 20.1. The molecule has 0 saturated heterocycles. The highest BCUT2D eigenvalue weighted by Gasteiger charge is 2.23. The topological polar surface area (TPSA) is 59.8 Å². The molecular weight excluding hydrogens is 404 g/mol. The van der Waals surface area contributed by atoms with Crippen molar-refractivity contribution in [3.05, 3.63) is 102 Å². The molecule has 1 amide bonds. The summed E-state index contributed by atoms with van der Waals surface area (Å²) in [6, 6.07) is 24.8. The SMILES string of the molecule is O=C(Nc1cc(Cl)ccc1-n1cncn1)C(Sc1ccccc1)c1ccccc1. The average Bonchev–Trinajstić information content (AvgIpc) is 3.28. The molecule has 29 heavy (non-hydrogen) atoms. The predicted molar refractivity (Wildman–Crippen MR) is 116 cm³/mol. The van der Waals surface area contributed by atoms with E-state index in [-0.39, 0.29) is 5.91 Å². The summed E-state index contributed by atoms with van der Waals surface area (Å²) < 4.78 is 1.59. The molecule has 1 unspecified atom stereocenters. The van der Waals surface area contributed by atoms with Gasteiger partial charge in [-0.15, -0.1) is 11.8 Å². The van der Waals surface area contributed by atoms with E-state index in [0.29, 0.717) is 16.4 Å². The van der Waals surface area contributed by atoms with E-state index in [0.717, 1.165) is 10.5 Å². The Morgan fingerprint density at radius 3 is 2.41 bits per heavy atom. The number of hydrogen-bond donors (Lipinski definition) is 1. The van der Waals surface area contributed by atoms with Gasteiger partial charge in [0.05, 0.1) is 11.4 Å². The number of anilines is 1. The molecule has 5 nitrogen and oxygen atoms in total. The highest BCUT2D eigenvalue weighted by Crippen LogP contribution is 2.36. The molecule has 0 aliphatic heterocycles. The molecule has 1 aromatic heterocycles. The zero-order valence-electron chi connectivity index (χ0n) is 15.3. The van der Waals surface area contributed by atoms with Crippen LogP contribution in [0.5, 0.6) is 0 Å². The van der Waals surface area contributed by atoms with Crippen LogP contribution in [0.1, 0.15) is 10.8 Å². The van der Waals surface area contributed by atoms with Crippen LogP contribution in [0.25, 0.3) is 5.69 Å². The van der Waals surface area contributed by atoms with E-state index >= 15 is 0 Å². The molecule has 144 valence electrons. The zero-order valence-corrected chi connectivity index (χ0v) is 16.8. The Morgan fingerprint density at radius 2 is 1.72 bits per heavy atom. The minimum Gasteiger partial charge on any atom is -0.323 e. The number of amides is 1. The molecule has 1 N–H and O–H groups in total. The fraction of sp³-hybridized carbons (Fsp3) is 0.0455. The summed E-state index contributed by atoms with van der Waals surface area (Å²) in [6.45, 7) is 0. The first-order valence-corrected chi connectivity index (χ1v) is 10.2. The Hall–Kier alpha value is -3.09. The van der Waals surface area contributed by atoms with Crippen LogP contribution in [0.15, 0.2) is 96.4 Å². The minimum absolute atomic E-state index is 0.145. The number of thioether (sulfide) groups is 1. The summed E-state index contributed by atoms with van der Waals surface area (Å²) in [6.07, 6.45) is 3.02. The lowest BCUT2D eigenvalue weighted by Gasteiger charge is -2.18. The van der Waals surface area contributed by atoms with Crippen LogP contribution in [-0.4, -0.2) is 20.7 Å². The molecule has 0 spiro atoms. The number of carbonyl (C=O) groups is 1. The normalized spacial score (nSPS) is 11.8. The van der Waals surface area contributed by atoms with E-state index < -0.39 is 5.25 Å². The van der Waals surface area contributed by atoms with E-state index in [1.54, 1.807) is 29.2 Å². The molecular formula is C22H17ClN4OS. The number of nitrogens with zero attached hydrogens (tertiary/aromatic N) is 3. The van der Waals surface area contributed by atoms with E-state index in [4.69, 9.17) is 11.6 Å². The molecule has 0 aliphatic carbocycles. The van der Waals surface area contributed by atoms with E-state index in [2.05, 4.69) is 15.4 Å². The van der Waals surface area contributed by atoms with Crippen molar-refractivity contribution < 1.29 is 4.79 Å². The van der Waals surface area contributed by atoms with Gasteiger partial charge in [-0.25, -0.2) is 9.67 Å².